The Morgan fingerprint density at radius 3 is 2.50 bits per heavy atom. The molecule has 0 saturated carbocycles. The van der Waals surface area contributed by atoms with E-state index in [-0.39, 0.29) is 0 Å². The lowest BCUT2D eigenvalue weighted by molar-refractivity contribution is 0.864. The summed E-state index contributed by atoms with van der Waals surface area (Å²) >= 11 is 0. The third kappa shape index (κ3) is 3.90. The molecule has 0 fully saturated rings. The minimum Gasteiger partial charge on any atom is -0.344 e. The summed E-state index contributed by atoms with van der Waals surface area (Å²) in [6, 6.07) is 2.13. The zero-order valence-electron chi connectivity index (χ0n) is 9.09. The maximum atomic E-state index is 8.86. The molecule has 0 aromatic heterocycles. The quantitative estimate of drug-likeness (QED) is 0.536. The molecule has 0 bridgehead atoms. The van der Waals surface area contributed by atoms with Crippen molar-refractivity contribution >= 4 is 6.21 Å². The van der Waals surface area contributed by atoms with Crippen LogP contribution in [-0.4, -0.2) is 6.21 Å². The Kier molecular flexibility index (Phi) is 6.13. The molecule has 0 atom stereocenters. The Morgan fingerprint density at radius 2 is 2.14 bits per heavy atom. The first-order valence-corrected chi connectivity index (χ1v) is 4.76. The van der Waals surface area contributed by atoms with Crippen molar-refractivity contribution in [3.8, 4) is 6.07 Å². The molecule has 76 valence electrons. The van der Waals surface area contributed by atoms with Crippen molar-refractivity contribution in [2.24, 2.45) is 4.99 Å². The first-order valence-electron chi connectivity index (χ1n) is 4.76. The number of nitriles is 1. The summed E-state index contributed by atoms with van der Waals surface area (Å²) in [4.78, 5) is 4.11. The van der Waals surface area contributed by atoms with Crippen LogP contribution in [0.25, 0.3) is 0 Å². The summed E-state index contributed by atoms with van der Waals surface area (Å²) in [5, 5.41) is 11.9. The predicted molar refractivity (Wildman–Crippen MR) is 59.7 cm³/mol. The van der Waals surface area contributed by atoms with Gasteiger partial charge in [0.15, 0.2) is 0 Å². The fourth-order valence-corrected chi connectivity index (χ4v) is 0.870. The summed E-state index contributed by atoms with van der Waals surface area (Å²) < 4.78 is 0. The number of hydrogen-bond acceptors (Lipinski definition) is 3. The Labute approximate surface area is 85.8 Å². The fourth-order valence-electron chi connectivity index (χ4n) is 0.870. The Hall–Kier alpha value is -1.56. The topological polar surface area (TPSA) is 48.2 Å². The van der Waals surface area contributed by atoms with Gasteiger partial charge in [-0.2, -0.15) is 5.26 Å². The Morgan fingerprint density at radius 1 is 1.50 bits per heavy atom. The van der Waals surface area contributed by atoms with E-state index in [2.05, 4.69) is 23.0 Å². The van der Waals surface area contributed by atoms with Crippen molar-refractivity contribution in [2.75, 3.05) is 0 Å². The molecule has 0 saturated heterocycles. The van der Waals surface area contributed by atoms with Crippen molar-refractivity contribution in [2.45, 2.75) is 33.6 Å². The van der Waals surface area contributed by atoms with Crippen molar-refractivity contribution in [1.29, 1.82) is 5.26 Å². The van der Waals surface area contributed by atoms with E-state index in [1.54, 1.807) is 6.21 Å². The molecule has 0 aliphatic rings. The van der Waals surface area contributed by atoms with Crippen molar-refractivity contribution in [3.63, 3.8) is 0 Å². The highest BCUT2D eigenvalue weighted by molar-refractivity contribution is 5.56. The number of nitrogens with zero attached hydrogens (tertiary/aromatic N) is 2. The van der Waals surface area contributed by atoms with E-state index >= 15 is 0 Å². The lowest BCUT2D eigenvalue weighted by Gasteiger charge is -2.09. The van der Waals surface area contributed by atoms with Gasteiger partial charge in [0.1, 0.15) is 5.82 Å². The molecule has 3 heteroatoms. The molecule has 0 unspecified atom stereocenters. The average Bonchev–Trinajstić information content (AvgIpc) is 2.19. The first kappa shape index (κ1) is 12.4. The maximum absolute atomic E-state index is 8.86. The minimum absolute atomic E-state index is 0.615. The van der Waals surface area contributed by atoms with E-state index in [0.29, 0.717) is 17.8 Å². The van der Waals surface area contributed by atoms with Crippen LogP contribution in [0.3, 0.4) is 0 Å². The van der Waals surface area contributed by atoms with E-state index in [1.165, 1.54) is 0 Å². The summed E-state index contributed by atoms with van der Waals surface area (Å²) in [5.41, 5.74) is 1.52. The molecule has 0 aliphatic heterocycles. The predicted octanol–water partition coefficient (Wildman–Crippen LogP) is 2.74. The second-order valence-electron chi connectivity index (χ2n) is 2.76. The van der Waals surface area contributed by atoms with E-state index in [9.17, 15) is 0 Å². The van der Waals surface area contributed by atoms with Crippen LogP contribution < -0.4 is 5.32 Å². The molecule has 0 aliphatic carbocycles. The van der Waals surface area contributed by atoms with Crippen LogP contribution in [0.15, 0.2) is 28.7 Å². The second-order valence-corrected chi connectivity index (χ2v) is 2.76. The van der Waals surface area contributed by atoms with E-state index in [4.69, 9.17) is 5.26 Å². The van der Waals surface area contributed by atoms with Crippen LogP contribution >= 0.6 is 0 Å². The van der Waals surface area contributed by atoms with Crippen molar-refractivity contribution < 1.29 is 0 Å². The SMILES string of the molecule is C=C(CC)N/C(N=CC)=C(\C#N)CC. The van der Waals surface area contributed by atoms with Gasteiger partial charge in [0.25, 0.3) is 0 Å². The molecule has 3 nitrogen and oxygen atoms in total. The van der Waals surface area contributed by atoms with E-state index in [0.717, 1.165) is 12.1 Å². The fraction of sp³-hybridized carbons (Fsp3) is 0.455. The van der Waals surface area contributed by atoms with Gasteiger partial charge in [0.2, 0.25) is 0 Å². The van der Waals surface area contributed by atoms with Crippen LogP contribution in [-0.2, 0) is 0 Å². The number of rotatable bonds is 5. The van der Waals surface area contributed by atoms with Crippen LogP contribution in [0.5, 0.6) is 0 Å². The van der Waals surface area contributed by atoms with Crippen LogP contribution in [0, 0.1) is 11.3 Å². The van der Waals surface area contributed by atoms with E-state index < -0.39 is 0 Å². The largest absolute Gasteiger partial charge is 0.344 e. The van der Waals surface area contributed by atoms with Gasteiger partial charge in [0.05, 0.1) is 11.6 Å². The van der Waals surface area contributed by atoms with Crippen molar-refractivity contribution in [3.05, 3.63) is 23.7 Å². The lowest BCUT2D eigenvalue weighted by Crippen LogP contribution is -2.12. The second kappa shape index (κ2) is 6.90. The number of aliphatic imine (C=N–C) groups is 1. The average molecular weight is 191 g/mol. The monoisotopic (exact) mass is 191 g/mol. The summed E-state index contributed by atoms with van der Waals surface area (Å²) in [5.74, 6) is 0.615. The highest BCUT2D eigenvalue weighted by atomic mass is 15.0. The van der Waals surface area contributed by atoms with Gasteiger partial charge < -0.3 is 5.32 Å². The zero-order chi connectivity index (χ0) is 11.0. The summed E-state index contributed by atoms with van der Waals surface area (Å²) in [7, 11) is 0. The van der Waals surface area contributed by atoms with Gasteiger partial charge in [-0.1, -0.05) is 20.4 Å². The smallest absolute Gasteiger partial charge is 0.143 e. The molecular formula is C11H17N3. The summed E-state index contributed by atoms with van der Waals surface area (Å²) in [6.07, 6.45) is 3.16. The molecule has 0 radical (unpaired) electrons. The number of nitrogens with one attached hydrogen (secondary N) is 1. The molecule has 1 N–H and O–H groups in total. The van der Waals surface area contributed by atoms with Gasteiger partial charge >= 0.3 is 0 Å². The molecule has 14 heavy (non-hydrogen) atoms. The van der Waals surface area contributed by atoms with Gasteiger partial charge in [-0.15, -0.1) is 0 Å². The zero-order valence-corrected chi connectivity index (χ0v) is 9.09. The van der Waals surface area contributed by atoms with Crippen LogP contribution in [0.2, 0.25) is 0 Å². The number of allylic oxidation sites excluding steroid dienone is 2. The third-order valence-electron chi connectivity index (χ3n) is 1.75. The highest BCUT2D eigenvalue weighted by Crippen LogP contribution is 2.08. The Bertz CT molecular complexity index is 292. The molecular weight excluding hydrogens is 174 g/mol. The Balaban J connectivity index is 4.85. The molecule has 0 aromatic rings. The lowest BCUT2D eigenvalue weighted by atomic mass is 10.2. The van der Waals surface area contributed by atoms with Gasteiger partial charge in [-0.3, -0.25) is 0 Å². The molecule has 0 amide bonds. The maximum Gasteiger partial charge on any atom is 0.143 e. The molecule has 0 spiro atoms. The standard InChI is InChI=1S/C11H17N3/c1-5-9(4)14-11(13-7-3)10(6-2)8-12/h7,14H,4-6H2,1-3H3/b11-10-,13-7?. The molecule has 0 rings (SSSR count). The van der Waals surface area contributed by atoms with Gasteiger partial charge in [-0.25, -0.2) is 4.99 Å². The molecule has 0 aromatic carbocycles. The van der Waals surface area contributed by atoms with Crippen LogP contribution in [0.4, 0.5) is 0 Å². The first-order chi connectivity index (χ1) is 6.69. The van der Waals surface area contributed by atoms with E-state index in [1.807, 2.05) is 20.8 Å². The number of hydrogen-bond donors (Lipinski definition) is 1. The van der Waals surface area contributed by atoms with Crippen molar-refractivity contribution in [1.82, 2.24) is 5.32 Å². The van der Waals surface area contributed by atoms with Gasteiger partial charge in [0, 0.05) is 11.9 Å². The summed E-state index contributed by atoms with van der Waals surface area (Å²) in [6.45, 7) is 9.57. The normalized spacial score (nSPS) is 12.1. The highest BCUT2D eigenvalue weighted by Gasteiger charge is 2.02. The van der Waals surface area contributed by atoms with Gasteiger partial charge in [-0.05, 0) is 19.8 Å². The third-order valence-corrected chi connectivity index (χ3v) is 1.75. The minimum atomic E-state index is 0.615. The molecule has 0 heterocycles. The van der Waals surface area contributed by atoms with Crippen LogP contribution in [0.1, 0.15) is 33.6 Å².